The van der Waals surface area contributed by atoms with Crippen molar-refractivity contribution in [3.05, 3.63) is 35.9 Å². The second kappa shape index (κ2) is 6.04. The molecule has 0 atom stereocenters. The molecule has 3 N–H and O–H groups in total. The van der Waals surface area contributed by atoms with Crippen LogP contribution < -0.4 is 11.1 Å². The largest absolute Gasteiger partial charge is 0.463 e. The van der Waals surface area contributed by atoms with E-state index < -0.39 is 5.97 Å². The summed E-state index contributed by atoms with van der Waals surface area (Å²) in [6, 6.07) is 5.25. The maximum atomic E-state index is 11.9. The number of rotatable bonds is 4. The number of hydrogen-bond donors (Lipinski definition) is 2. The topological polar surface area (TPSA) is 112 Å². The lowest BCUT2D eigenvalue weighted by Gasteiger charge is -2.07. The Hall–Kier alpha value is -2.90. The number of carbonyl (C=O) groups excluding carboxylic acids is 2. The van der Waals surface area contributed by atoms with Crippen molar-refractivity contribution in [3.8, 4) is 0 Å². The Morgan fingerprint density at radius 3 is 2.86 bits per heavy atom. The average Bonchev–Trinajstić information content (AvgIpc) is 2.90. The number of aryl methyl sites for hydroxylation is 1. The van der Waals surface area contributed by atoms with Gasteiger partial charge in [0.15, 0.2) is 0 Å². The van der Waals surface area contributed by atoms with Gasteiger partial charge in [-0.05, 0) is 24.6 Å². The summed E-state index contributed by atoms with van der Waals surface area (Å²) in [5.41, 5.74) is 7.90. The van der Waals surface area contributed by atoms with Crippen LogP contribution in [0.25, 0.3) is 0 Å². The molecule has 0 saturated carbocycles. The molecular formula is C13H15N5O3. The molecule has 0 aliphatic rings. The van der Waals surface area contributed by atoms with Gasteiger partial charge in [0.25, 0.3) is 5.82 Å². The zero-order valence-electron chi connectivity index (χ0n) is 11.7. The molecular weight excluding hydrogens is 274 g/mol. The monoisotopic (exact) mass is 289 g/mol. The number of nitrogen functional groups attached to an aromatic ring is 1. The number of nitrogens with two attached hydrogens (primary N) is 1. The molecule has 0 bridgehead atoms. The SMILES string of the molecule is COC(=O)c1ncn(CC(=O)Nc2ccc(C)c(N)c2)n1. The van der Waals surface area contributed by atoms with Crippen molar-refractivity contribution in [1.82, 2.24) is 14.8 Å². The Labute approximate surface area is 120 Å². The minimum atomic E-state index is -0.652. The highest BCUT2D eigenvalue weighted by Gasteiger charge is 2.13. The standard InChI is InChI=1S/C13H15N5O3/c1-8-3-4-9(5-10(8)14)16-11(19)6-18-7-15-12(17-18)13(20)21-2/h3-5,7H,6,14H2,1-2H3,(H,16,19). The first-order chi connectivity index (χ1) is 9.99. The predicted octanol–water partition coefficient (Wildman–Crippen LogP) is 0.594. The highest BCUT2D eigenvalue weighted by molar-refractivity contribution is 5.91. The van der Waals surface area contributed by atoms with Gasteiger partial charge in [0, 0.05) is 11.4 Å². The van der Waals surface area contributed by atoms with Crippen molar-refractivity contribution in [2.75, 3.05) is 18.2 Å². The van der Waals surface area contributed by atoms with Crippen LogP contribution in [0.5, 0.6) is 0 Å². The van der Waals surface area contributed by atoms with Gasteiger partial charge < -0.3 is 15.8 Å². The normalized spacial score (nSPS) is 10.2. The van der Waals surface area contributed by atoms with Crippen LogP contribution in [0, 0.1) is 6.92 Å². The van der Waals surface area contributed by atoms with E-state index in [9.17, 15) is 9.59 Å². The number of carbonyl (C=O) groups is 2. The molecule has 0 unspecified atom stereocenters. The number of ether oxygens (including phenoxy) is 1. The van der Waals surface area contributed by atoms with E-state index in [-0.39, 0.29) is 18.3 Å². The summed E-state index contributed by atoms with van der Waals surface area (Å²) in [7, 11) is 1.23. The lowest BCUT2D eigenvalue weighted by Crippen LogP contribution is -2.19. The van der Waals surface area contributed by atoms with Crippen LogP contribution in [-0.4, -0.2) is 33.8 Å². The average molecular weight is 289 g/mol. The molecule has 0 radical (unpaired) electrons. The molecule has 1 amide bonds. The lowest BCUT2D eigenvalue weighted by molar-refractivity contribution is -0.116. The number of amides is 1. The Morgan fingerprint density at radius 2 is 2.19 bits per heavy atom. The molecule has 1 heterocycles. The van der Waals surface area contributed by atoms with Crippen molar-refractivity contribution < 1.29 is 14.3 Å². The minimum Gasteiger partial charge on any atom is -0.463 e. The summed E-state index contributed by atoms with van der Waals surface area (Å²) in [5, 5.41) is 6.53. The highest BCUT2D eigenvalue weighted by atomic mass is 16.5. The van der Waals surface area contributed by atoms with Crippen molar-refractivity contribution in [1.29, 1.82) is 0 Å². The zero-order valence-corrected chi connectivity index (χ0v) is 11.7. The van der Waals surface area contributed by atoms with Crippen molar-refractivity contribution in [2.24, 2.45) is 0 Å². The third-order valence-electron chi connectivity index (χ3n) is 2.77. The van der Waals surface area contributed by atoms with Crippen LogP contribution in [0.15, 0.2) is 24.5 Å². The summed E-state index contributed by atoms with van der Waals surface area (Å²) in [5.74, 6) is -1.05. The Morgan fingerprint density at radius 1 is 1.43 bits per heavy atom. The van der Waals surface area contributed by atoms with Gasteiger partial charge in [-0.3, -0.25) is 4.79 Å². The minimum absolute atomic E-state index is 0.0717. The summed E-state index contributed by atoms with van der Waals surface area (Å²) in [6.45, 7) is 1.81. The molecule has 8 heteroatoms. The van der Waals surface area contributed by atoms with Gasteiger partial charge in [0.2, 0.25) is 5.91 Å². The van der Waals surface area contributed by atoms with E-state index >= 15 is 0 Å². The Kier molecular flexibility index (Phi) is 4.17. The van der Waals surface area contributed by atoms with E-state index in [0.717, 1.165) is 5.56 Å². The van der Waals surface area contributed by atoms with Gasteiger partial charge in [-0.2, -0.15) is 0 Å². The van der Waals surface area contributed by atoms with Gasteiger partial charge >= 0.3 is 5.97 Å². The van der Waals surface area contributed by atoms with E-state index in [1.165, 1.54) is 18.1 Å². The number of anilines is 2. The number of nitrogens with one attached hydrogen (secondary N) is 1. The number of benzene rings is 1. The van der Waals surface area contributed by atoms with E-state index in [1.807, 2.05) is 13.0 Å². The Bertz CT molecular complexity index is 680. The van der Waals surface area contributed by atoms with Crippen LogP contribution in [0.3, 0.4) is 0 Å². The molecule has 0 fully saturated rings. The number of nitrogens with zero attached hydrogens (tertiary/aromatic N) is 3. The van der Waals surface area contributed by atoms with Crippen molar-refractivity contribution >= 4 is 23.3 Å². The lowest BCUT2D eigenvalue weighted by atomic mass is 10.2. The van der Waals surface area contributed by atoms with Crippen LogP contribution in [0.4, 0.5) is 11.4 Å². The van der Waals surface area contributed by atoms with Gasteiger partial charge in [-0.25, -0.2) is 14.5 Å². The molecule has 0 spiro atoms. The number of methoxy groups -OCH3 is 1. The fourth-order valence-electron chi connectivity index (χ4n) is 1.62. The highest BCUT2D eigenvalue weighted by Crippen LogP contribution is 2.16. The molecule has 0 aliphatic heterocycles. The van der Waals surface area contributed by atoms with Crippen LogP contribution in [0.2, 0.25) is 0 Å². The number of aromatic nitrogens is 3. The number of esters is 1. The predicted molar refractivity (Wildman–Crippen MR) is 75.6 cm³/mol. The van der Waals surface area contributed by atoms with Crippen LogP contribution >= 0.6 is 0 Å². The molecule has 8 nitrogen and oxygen atoms in total. The van der Waals surface area contributed by atoms with Gasteiger partial charge in [0.05, 0.1) is 7.11 Å². The van der Waals surface area contributed by atoms with E-state index in [2.05, 4.69) is 20.1 Å². The smallest absolute Gasteiger partial charge is 0.377 e. The molecule has 0 aliphatic carbocycles. The maximum Gasteiger partial charge on any atom is 0.377 e. The van der Waals surface area contributed by atoms with Crippen LogP contribution in [0.1, 0.15) is 16.2 Å². The summed E-state index contributed by atoms with van der Waals surface area (Å²) in [4.78, 5) is 26.8. The first kappa shape index (κ1) is 14.5. The van der Waals surface area contributed by atoms with Gasteiger partial charge in [0.1, 0.15) is 12.9 Å². The van der Waals surface area contributed by atoms with Crippen LogP contribution in [-0.2, 0) is 16.1 Å². The molecule has 110 valence electrons. The molecule has 0 saturated heterocycles. The molecule has 2 rings (SSSR count). The van der Waals surface area contributed by atoms with Gasteiger partial charge in [-0.15, -0.1) is 5.10 Å². The Balaban J connectivity index is 1.99. The maximum absolute atomic E-state index is 11.9. The van der Waals surface area contributed by atoms with Gasteiger partial charge in [-0.1, -0.05) is 6.07 Å². The fraction of sp³-hybridized carbons (Fsp3) is 0.231. The zero-order chi connectivity index (χ0) is 15.4. The molecule has 2 aromatic rings. The quantitative estimate of drug-likeness (QED) is 0.629. The fourth-order valence-corrected chi connectivity index (χ4v) is 1.62. The van der Waals surface area contributed by atoms with Crippen molar-refractivity contribution in [2.45, 2.75) is 13.5 Å². The van der Waals surface area contributed by atoms with Crippen molar-refractivity contribution in [3.63, 3.8) is 0 Å². The second-order valence-electron chi connectivity index (χ2n) is 4.38. The van der Waals surface area contributed by atoms with E-state index in [1.54, 1.807) is 12.1 Å². The molecule has 1 aromatic heterocycles. The van der Waals surface area contributed by atoms with E-state index in [4.69, 9.17) is 5.73 Å². The first-order valence-electron chi connectivity index (χ1n) is 6.13. The molecule has 21 heavy (non-hydrogen) atoms. The summed E-state index contributed by atoms with van der Waals surface area (Å²) >= 11 is 0. The first-order valence-corrected chi connectivity index (χ1v) is 6.13. The van der Waals surface area contributed by atoms with E-state index in [0.29, 0.717) is 11.4 Å². The second-order valence-corrected chi connectivity index (χ2v) is 4.38. The molecule has 1 aromatic carbocycles. The summed E-state index contributed by atoms with van der Waals surface area (Å²) < 4.78 is 5.73. The summed E-state index contributed by atoms with van der Waals surface area (Å²) in [6.07, 6.45) is 1.29. The third-order valence-corrected chi connectivity index (χ3v) is 2.77. The third kappa shape index (κ3) is 3.56. The number of hydrogen-bond acceptors (Lipinski definition) is 6.